The van der Waals surface area contributed by atoms with Gasteiger partial charge in [0.1, 0.15) is 12.2 Å². The molecular formula is C14H17N3O. The van der Waals surface area contributed by atoms with Gasteiger partial charge < -0.3 is 0 Å². The summed E-state index contributed by atoms with van der Waals surface area (Å²) in [5.41, 5.74) is 0.787. The normalized spacial score (nSPS) is 10.5. The van der Waals surface area contributed by atoms with Crippen LogP contribution in [0.25, 0.3) is 0 Å². The van der Waals surface area contributed by atoms with Crippen molar-refractivity contribution in [2.45, 2.75) is 32.7 Å². The third-order valence-electron chi connectivity index (χ3n) is 2.90. The SMILES string of the molecule is CCn1ncnc1CCCC(=O)c1ccccc1. The van der Waals surface area contributed by atoms with Gasteiger partial charge in [0.2, 0.25) is 0 Å². The van der Waals surface area contributed by atoms with Crippen molar-refractivity contribution in [2.75, 3.05) is 0 Å². The number of Topliss-reactive ketones (excluding diaryl/α,β-unsaturated/α-hetero) is 1. The van der Waals surface area contributed by atoms with Gasteiger partial charge in [0, 0.05) is 24.9 Å². The molecule has 0 aliphatic heterocycles. The van der Waals surface area contributed by atoms with Gasteiger partial charge >= 0.3 is 0 Å². The number of nitrogens with zero attached hydrogens (tertiary/aromatic N) is 3. The van der Waals surface area contributed by atoms with Crippen molar-refractivity contribution in [1.82, 2.24) is 14.8 Å². The van der Waals surface area contributed by atoms with Crippen LogP contribution < -0.4 is 0 Å². The van der Waals surface area contributed by atoms with E-state index >= 15 is 0 Å². The number of aryl methyl sites for hydroxylation is 2. The Bertz CT molecular complexity index is 505. The average Bonchev–Trinajstić information content (AvgIpc) is 2.87. The number of carbonyl (C=O) groups excluding carboxylic acids is 1. The summed E-state index contributed by atoms with van der Waals surface area (Å²) in [6.45, 7) is 2.86. The minimum atomic E-state index is 0.193. The summed E-state index contributed by atoms with van der Waals surface area (Å²) in [7, 11) is 0. The predicted molar refractivity (Wildman–Crippen MR) is 69.4 cm³/mol. The summed E-state index contributed by atoms with van der Waals surface area (Å²) >= 11 is 0. The van der Waals surface area contributed by atoms with Crippen molar-refractivity contribution in [2.24, 2.45) is 0 Å². The molecule has 0 amide bonds. The molecule has 0 saturated heterocycles. The molecule has 0 spiro atoms. The molecule has 1 heterocycles. The zero-order valence-electron chi connectivity index (χ0n) is 10.5. The van der Waals surface area contributed by atoms with Gasteiger partial charge in [-0.15, -0.1) is 0 Å². The lowest BCUT2D eigenvalue weighted by molar-refractivity contribution is 0.0980. The Balaban J connectivity index is 1.84. The van der Waals surface area contributed by atoms with Crippen molar-refractivity contribution in [3.8, 4) is 0 Å². The second kappa shape index (κ2) is 6.10. The van der Waals surface area contributed by atoms with E-state index in [9.17, 15) is 4.79 Å². The Hall–Kier alpha value is -1.97. The van der Waals surface area contributed by atoms with E-state index in [1.807, 2.05) is 41.9 Å². The van der Waals surface area contributed by atoms with Gasteiger partial charge in [-0.3, -0.25) is 9.48 Å². The van der Waals surface area contributed by atoms with E-state index < -0.39 is 0 Å². The zero-order chi connectivity index (χ0) is 12.8. The predicted octanol–water partition coefficient (Wildman–Crippen LogP) is 2.50. The fourth-order valence-electron chi connectivity index (χ4n) is 1.92. The van der Waals surface area contributed by atoms with Gasteiger partial charge in [-0.05, 0) is 13.3 Å². The first-order valence-electron chi connectivity index (χ1n) is 6.26. The first kappa shape index (κ1) is 12.5. The molecule has 1 aromatic heterocycles. The van der Waals surface area contributed by atoms with E-state index in [4.69, 9.17) is 0 Å². The van der Waals surface area contributed by atoms with Gasteiger partial charge in [0.05, 0.1) is 0 Å². The topological polar surface area (TPSA) is 47.8 Å². The van der Waals surface area contributed by atoms with Crippen LogP contribution in [-0.4, -0.2) is 20.5 Å². The Morgan fingerprint density at radius 1 is 1.28 bits per heavy atom. The van der Waals surface area contributed by atoms with Crippen molar-refractivity contribution in [3.05, 3.63) is 48.0 Å². The van der Waals surface area contributed by atoms with E-state index in [1.54, 1.807) is 6.33 Å². The lowest BCUT2D eigenvalue weighted by Gasteiger charge is -2.03. The zero-order valence-corrected chi connectivity index (χ0v) is 10.5. The van der Waals surface area contributed by atoms with Crippen LogP contribution in [0.15, 0.2) is 36.7 Å². The number of hydrogen-bond donors (Lipinski definition) is 0. The second-order valence-electron chi connectivity index (χ2n) is 4.13. The van der Waals surface area contributed by atoms with Gasteiger partial charge in [-0.2, -0.15) is 5.10 Å². The molecule has 94 valence electrons. The Morgan fingerprint density at radius 3 is 2.78 bits per heavy atom. The van der Waals surface area contributed by atoms with Crippen molar-refractivity contribution >= 4 is 5.78 Å². The minimum absolute atomic E-state index is 0.193. The van der Waals surface area contributed by atoms with E-state index in [0.717, 1.165) is 30.8 Å². The largest absolute Gasteiger partial charge is 0.294 e. The molecule has 0 atom stereocenters. The fourth-order valence-corrected chi connectivity index (χ4v) is 1.92. The monoisotopic (exact) mass is 243 g/mol. The summed E-state index contributed by atoms with van der Waals surface area (Å²) < 4.78 is 1.87. The van der Waals surface area contributed by atoms with E-state index in [2.05, 4.69) is 10.1 Å². The van der Waals surface area contributed by atoms with Crippen LogP contribution >= 0.6 is 0 Å². The number of aromatic nitrogens is 3. The third kappa shape index (κ3) is 3.03. The van der Waals surface area contributed by atoms with E-state index in [0.29, 0.717) is 6.42 Å². The molecule has 0 saturated carbocycles. The van der Waals surface area contributed by atoms with E-state index in [-0.39, 0.29) is 5.78 Å². The standard InChI is InChI=1S/C14H17N3O/c1-2-17-14(15-11-16-17)10-6-9-13(18)12-7-4-3-5-8-12/h3-5,7-8,11H,2,6,9-10H2,1H3. The molecule has 0 aliphatic rings. The van der Waals surface area contributed by atoms with Gasteiger partial charge in [0.15, 0.2) is 5.78 Å². The molecule has 4 nitrogen and oxygen atoms in total. The summed E-state index contributed by atoms with van der Waals surface area (Å²) in [5.74, 6) is 1.15. The van der Waals surface area contributed by atoms with Gasteiger partial charge in [-0.1, -0.05) is 30.3 Å². The average molecular weight is 243 g/mol. The maximum Gasteiger partial charge on any atom is 0.162 e. The highest BCUT2D eigenvalue weighted by Gasteiger charge is 2.07. The lowest BCUT2D eigenvalue weighted by Crippen LogP contribution is -2.05. The van der Waals surface area contributed by atoms with Crippen LogP contribution in [0, 0.1) is 0 Å². The summed E-state index contributed by atoms with van der Waals surface area (Å²) in [6.07, 6.45) is 3.73. The van der Waals surface area contributed by atoms with E-state index in [1.165, 1.54) is 0 Å². The van der Waals surface area contributed by atoms with Crippen molar-refractivity contribution in [3.63, 3.8) is 0 Å². The maximum absolute atomic E-state index is 11.9. The fraction of sp³-hybridized carbons (Fsp3) is 0.357. The number of hydrogen-bond acceptors (Lipinski definition) is 3. The van der Waals surface area contributed by atoms with Gasteiger partial charge in [-0.25, -0.2) is 4.98 Å². The van der Waals surface area contributed by atoms with Crippen LogP contribution in [0.3, 0.4) is 0 Å². The molecular weight excluding hydrogens is 226 g/mol. The number of benzene rings is 1. The number of rotatable bonds is 6. The smallest absolute Gasteiger partial charge is 0.162 e. The highest BCUT2D eigenvalue weighted by molar-refractivity contribution is 5.95. The Labute approximate surface area is 107 Å². The lowest BCUT2D eigenvalue weighted by atomic mass is 10.1. The van der Waals surface area contributed by atoms with Crippen molar-refractivity contribution < 1.29 is 4.79 Å². The maximum atomic E-state index is 11.9. The van der Waals surface area contributed by atoms with Crippen LogP contribution in [0.4, 0.5) is 0 Å². The summed E-state index contributed by atoms with van der Waals surface area (Å²) in [4.78, 5) is 16.1. The molecule has 0 aliphatic carbocycles. The minimum Gasteiger partial charge on any atom is -0.294 e. The molecule has 18 heavy (non-hydrogen) atoms. The summed E-state index contributed by atoms with van der Waals surface area (Å²) in [6, 6.07) is 9.41. The Kier molecular flexibility index (Phi) is 4.23. The molecule has 0 fully saturated rings. The highest BCUT2D eigenvalue weighted by atomic mass is 16.1. The second-order valence-corrected chi connectivity index (χ2v) is 4.13. The molecule has 0 unspecified atom stereocenters. The third-order valence-corrected chi connectivity index (χ3v) is 2.90. The first-order valence-corrected chi connectivity index (χ1v) is 6.26. The number of carbonyl (C=O) groups is 1. The molecule has 0 N–H and O–H groups in total. The molecule has 2 aromatic rings. The van der Waals surface area contributed by atoms with Gasteiger partial charge in [0.25, 0.3) is 0 Å². The van der Waals surface area contributed by atoms with Crippen LogP contribution in [0.1, 0.15) is 35.9 Å². The Morgan fingerprint density at radius 2 is 2.06 bits per heavy atom. The van der Waals surface area contributed by atoms with Crippen molar-refractivity contribution in [1.29, 1.82) is 0 Å². The molecule has 4 heteroatoms. The molecule has 2 rings (SSSR count). The molecule has 0 radical (unpaired) electrons. The molecule has 1 aromatic carbocycles. The molecule has 0 bridgehead atoms. The highest BCUT2D eigenvalue weighted by Crippen LogP contribution is 2.07. The number of ketones is 1. The van der Waals surface area contributed by atoms with Crippen LogP contribution in [-0.2, 0) is 13.0 Å². The first-order chi connectivity index (χ1) is 8.81. The van der Waals surface area contributed by atoms with Crippen LogP contribution in [0.2, 0.25) is 0 Å². The van der Waals surface area contributed by atoms with Crippen LogP contribution in [0.5, 0.6) is 0 Å². The summed E-state index contributed by atoms with van der Waals surface area (Å²) in [5, 5.41) is 4.11. The quantitative estimate of drug-likeness (QED) is 0.732.